The Morgan fingerprint density at radius 3 is 2.50 bits per heavy atom. The Morgan fingerprint density at radius 2 is 1.82 bits per heavy atom. The van der Waals surface area contributed by atoms with Crippen molar-refractivity contribution in [3.8, 4) is 11.5 Å². The second-order valence-corrected chi connectivity index (χ2v) is 5.35. The summed E-state index contributed by atoms with van der Waals surface area (Å²) in [6.45, 7) is 2.42. The van der Waals surface area contributed by atoms with Gasteiger partial charge < -0.3 is 14.6 Å². The van der Waals surface area contributed by atoms with Crippen LogP contribution in [0.25, 0.3) is 0 Å². The molecule has 1 unspecified atom stereocenters. The van der Waals surface area contributed by atoms with Gasteiger partial charge in [0.1, 0.15) is 24.2 Å². The molecule has 1 atom stereocenters. The molecule has 1 N–H and O–H groups in total. The first-order valence-corrected chi connectivity index (χ1v) is 7.76. The minimum atomic E-state index is -0.671. The maximum atomic E-state index is 10.2. The van der Waals surface area contributed by atoms with Crippen molar-refractivity contribution in [2.75, 3.05) is 13.7 Å². The maximum Gasteiger partial charge on any atom is 0.119 e. The molecular formula is C19H24O3. The van der Waals surface area contributed by atoms with Gasteiger partial charge in [-0.15, -0.1) is 0 Å². The van der Waals surface area contributed by atoms with E-state index in [1.165, 1.54) is 18.4 Å². The summed E-state index contributed by atoms with van der Waals surface area (Å²) in [5.74, 6) is 1.51. The molecule has 118 valence electrons. The lowest BCUT2D eigenvalue weighted by molar-refractivity contribution is 0.108. The molecule has 22 heavy (non-hydrogen) atoms. The van der Waals surface area contributed by atoms with E-state index < -0.39 is 6.10 Å². The van der Waals surface area contributed by atoms with E-state index in [-0.39, 0.29) is 6.61 Å². The van der Waals surface area contributed by atoms with Gasteiger partial charge in [-0.05, 0) is 48.2 Å². The van der Waals surface area contributed by atoms with Crippen LogP contribution >= 0.6 is 0 Å². The summed E-state index contributed by atoms with van der Waals surface area (Å²) in [5, 5.41) is 10.2. The molecule has 2 rings (SSSR count). The third kappa shape index (κ3) is 4.78. The van der Waals surface area contributed by atoms with Crippen molar-refractivity contribution in [2.45, 2.75) is 32.3 Å². The Balaban J connectivity index is 1.88. The highest BCUT2D eigenvalue weighted by molar-refractivity contribution is 5.30. The number of methoxy groups -OCH3 is 1. The van der Waals surface area contributed by atoms with Crippen LogP contribution < -0.4 is 9.47 Å². The largest absolute Gasteiger partial charge is 0.497 e. The zero-order valence-electron chi connectivity index (χ0n) is 13.3. The summed E-state index contributed by atoms with van der Waals surface area (Å²) in [6.07, 6.45) is 2.83. The molecule has 0 saturated carbocycles. The lowest BCUT2D eigenvalue weighted by Crippen LogP contribution is -2.09. The van der Waals surface area contributed by atoms with E-state index >= 15 is 0 Å². The molecule has 0 radical (unpaired) electrons. The van der Waals surface area contributed by atoms with E-state index in [2.05, 4.69) is 19.1 Å². The van der Waals surface area contributed by atoms with E-state index in [4.69, 9.17) is 9.47 Å². The molecule has 0 aliphatic heterocycles. The normalized spacial score (nSPS) is 12.0. The first-order valence-electron chi connectivity index (χ1n) is 7.76. The SMILES string of the molecule is CCCCc1ccc(OCC(O)c2cccc(OC)c2)cc1. The lowest BCUT2D eigenvalue weighted by atomic mass is 10.1. The smallest absolute Gasteiger partial charge is 0.119 e. The van der Waals surface area contributed by atoms with E-state index in [0.717, 1.165) is 23.5 Å². The van der Waals surface area contributed by atoms with Gasteiger partial charge in [-0.25, -0.2) is 0 Å². The number of benzene rings is 2. The minimum absolute atomic E-state index is 0.224. The zero-order valence-corrected chi connectivity index (χ0v) is 13.3. The number of aliphatic hydroxyl groups is 1. The summed E-state index contributed by atoms with van der Waals surface area (Å²) < 4.78 is 10.8. The molecule has 0 aromatic heterocycles. The van der Waals surface area contributed by atoms with Crippen molar-refractivity contribution in [3.05, 3.63) is 59.7 Å². The average molecular weight is 300 g/mol. The van der Waals surface area contributed by atoms with Gasteiger partial charge in [-0.3, -0.25) is 0 Å². The predicted molar refractivity (Wildman–Crippen MR) is 88.5 cm³/mol. The topological polar surface area (TPSA) is 38.7 Å². The Kier molecular flexibility index (Phi) is 6.28. The third-order valence-electron chi connectivity index (χ3n) is 3.63. The Morgan fingerprint density at radius 1 is 1.05 bits per heavy atom. The summed E-state index contributed by atoms with van der Waals surface area (Å²) in [4.78, 5) is 0. The molecule has 2 aromatic rings. The van der Waals surface area contributed by atoms with Crippen LogP contribution in [0, 0.1) is 0 Å². The van der Waals surface area contributed by atoms with Gasteiger partial charge in [0, 0.05) is 0 Å². The van der Waals surface area contributed by atoms with Crippen LogP contribution in [-0.4, -0.2) is 18.8 Å². The number of unbranched alkanes of at least 4 members (excludes halogenated alkanes) is 1. The highest BCUT2D eigenvalue weighted by atomic mass is 16.5. The van der Waals surface area contributed by atoms with Gasteiger partial charge in [0.15, 0.2) is 0 Å². The van der Waals surface area contributed by atoms with Crippen LogP contribution in [0.4, 0.5) is 0 Å². The average Bonchev–Trinajstić information content (AvgIpc) is 2.58. The van der Waals surface area contributed by atoms with Crippen molar-refractivity contribution < 1.29 is 14.6 Å². The molecule has 3 nitrogen and oxygen atoms in total. The number of rotatable bonds is 8. The van der Waals surface area contributed by atoms with Crippen LogP contribution in [0.3, 0.4) is 0 Å². The number of aliphatic hydroxyl groups excluding tert-OH is 1. The quantitative estimate of drug-likeness (QED) is 0.796. The van der Waals surface area contributed by atoms with Crippen LogP contribution in [0.5, 0.6) is 11.5 Å². The van der Waals surface area contributed by atoms with Crippen molar-refractivity contribution >= 4 is 0 Å². The maximum absolute atomic E-state index is 10.2. The van der Waals surface area contributed by atoms with Crippen molar-refractivity contribution in [2.24, 2.45) is 0 Å². The second kappa shape index (κ2) is 8.44. The van der Waals surface area contributed by atoms with Crippen LogP contribution in [0.2, 0.25) is 0 Å². The zero-order chi connectivity index (χ0) is 15.8. The van der Waals surface area contributed by atoms with Crippen molar-refractivity contribution in [1.82, 2.24) is 0 Å². The monoisotopic (exact) mass is 300 g/mol. The minimum Gasteiger partial charge on any atom is -0.497 e. The summed E-state index contributed by atoms with van der Waals surface area (Å²) in [6, 6.07) is 15.5. The van der Waals surface area contributed by atoms with Crippen LogP contribution in [-0.2, 0) is 6.42 Å². The predicted octanol–water partition coefficient (Wildman–Crippen LogP) is 4.15. The van der Waals surface area contributed by atoms with Gasteiger partial charge in [-0.1, -0.05) is 37.6 Å². The van der Waals surface area contributed by atoms with E-state index in [0.29, 0.717) is 0 Å². The molecule has 0 fully saturated rings. The van der Waals surface area contributed by atoms with Gasteiger partial charge >= 0.3 is 0 Å². The second-order valence-electron chi connectivity index (χ2n) is 5.35. The van der Waals surface area contributed by atoms with Gasteiger partial charge in [0.2, 0.25) is 0 Å². The Hall–Kier alpha value is -2.00. The first kappa shape index (κ1) is 16.4. The molecule has 0 aliphatic rings. The summed E-state index contributed by atoms with van der Waals surface area (Å²) >= 11 is 0. The molecule has 0 spiro atoms. The van der Waals surface area contributed by atoms with Gasteiger partial charge in [0.05, 0.1) is 7.11 Å². The van der Waals surface area contributed by atoms with Crippen molar-refractivity contribution in [3.63, 3.8) is 0 Å². The van der Waals surface area contributed by atoms with Gasteiger partial charge in [-0.2, -0.15) is 0 Å². The fraction of sp³-hybridized carbons (Fsp3) is 0.368. The highest BCUT2D eigenvalue weighted by Crippen LogP contribution is 2.21. The van der Waals surface area contributed by atoms with Crippen molar-refractivity contribution in [1.29, 1.82) is 0 Å². The third-order valence-corrected chi connectivity index (χ3v) is 3.63. The Labute approximate surface area is 132 Å². The fourth-order valence-electron chi connectivity index (χ4n) is 2.25. The molecule has 3 heteroatoms. The summed E-state index contributed by atoms with van der Waals surface area (Å²) in [7, 11) is 1.61. The molecule has 2 aromatic carbocycles. The van der Waals surface area contributed by atoms with Crippen LogP contribution in [0.15, 0.2) is 48.5 Å². The number of aryl methyl sites for hydroxylation is 1. The highest BCUT2D eigenvalue weighted by Gasteiger charge is 2.09. The number of hydrogen-bond donors (Lipinski definition) is 1. The Bertz CT molecular complexity index is 563. The molecule has 0 amide bonds. The van der Waals surface area contributed by atoms with E-state index in [9.17, 15) is 5.11 Å². The molecule has 0 bridgehead atoms. The summed E-state index contributed by atoms with van der Waals surface area (Å²) in [5.41, 5.74) is 2.11. The number of hydrogen-bond acceptors (Lipinski definition) is 3. The van der Waals surface area contributed by atoms with Gasteiger partial charge in [0.25, 0.3) is 0 Å². The molecule has 0 aliphatic carbocycles. The van der Waals surface area contributed by atoms with E-state index in [1.807, 2.05) is 36.4 Å². The van der Waals surface area contributed by atoms with Crippen LogP contribution in [0.1, 0.15) is 37.0 Å². The standard InChI is InChI=1S/C19H24O3/c1-3-4-6-15-9-11-17(12-10-15)22-14-19(20)16-7-5-8-18(13-16)21-2/h5,7-13,19-20H,3-4,6,14H2,1-2H3. The molecule has 0 saturated heterocycles. The lowest BCUT2D eigenvalue weighted by Gasteiger charge is -2.14. The number of ether oxygens (including phenoxy) is 2. The fourth-order valence-corrected chi connectivity index (χ4v) is 2.25. The molecule has 0 heterocycles. The van der Waals surface area contributed by atoms with E-state index in [1.54, 1.807) is 7.11 Å². The molecular weight excluding hydrogens is 276 g/mol. The first-order chi connectivity index (χ1) is 10.7.